The van der Waals surface area contributed by atoms with Gasteiger partial charge in [0.1, 0.15) is 0 Å². The van der Waals surface area contributed by atoms with E-state index in [0.717, 1.165) is 28.8 Å². The van der Waals surface area contributed by atoms with E-state index >= 15 is 0 Å². The van der Waals surface area contributed by atoms with Crippen LogP contribution in [0, 0.1) is 0 Å². The van der Waals surface area contributed by atoms with E-state index in [-0.39, 0.29) is 6.42 Å². The van der Waals surface area contributed by atoms with Gasteiger partial charge in [-0.3, -0.25) is 9.59 Å². The number of hydrogen-bond acceptors (Lipinski definition) is 3. The first-order valence-electron chi connectivity index (χ1n) is 8.65. The van der Waals surface area contributed by atoms with Gasteiger partial charge in [0.25, 0.3) is 0 Å². The lowest BCUT2D eigenvalue weighted by Crippen LogP contribution is -2.14. The number of aromatic nitrogens is 1. The molecule has 3 aromatic rings. The first kappa shape index (κ1) is 17.7. The van der Waals surface area contributed by atoms with Crippen LogP contribution in [0.2, 0.25) is 0 Å². The minimum atomic E-state index is -0.406. The van der Waals surface area contributed by atoms with Gasteiger partial charge in [0.15, 0.2) is 5.75 Å². The molecule has 1 amide bonds. The van der Waals surface area contributed by atoms with E-state index < -0.39 is 11.9 Å². The Morgan fingerprint density at radius 3 is 2.42 bits per heavy atom. The summed E-state index contributed by atoms with van der Waals surface area (Å²) in [4.78, 5) is 23.2. The van der Waals surface area contributed by atoms with E-state index in [2.05, 4.69) is 19.1 Å². The first-order chi connectivity index (χ1) is 12.5. The molecular weight excluding hydrogens is 328 g/mol. The van der Waals surface area contributed by atoms with Crippen LogP contribution < -0.4 is 10.5 Å². The van der Waals surface area contributed by atoms with Crippen molar-refractivity contribution in [3.8, 4) is 5.75 Å². The van der Waals surface area contributed by atoms with E-state index in [9.17, 15) is 9.59 Å². The van der Waals surface area contributed by atoms with Crippen LogP contribution >= 0.6 is 0 Å². The van der Waals surface area contributed by atoms with E-state index in [0.29, 0.717) is 12.2 Å². The molecule has 0 saturated carbocycles. The van der Waals surface area contributed by atoms with Crippen molar-refractivity contribution in [2.75, 3.05) is 0 Å². The minimum Gasteiger partial charge on any atom is -0.424 e. The quantitative estimate of drug-likeness (QED) is 0.695. The predicted octanol–water partition coefficient (Wildman–Crippen LogP) is 3.05. The van der Waals surface area contributed by atoms with Crippen molar-refractivity contribution < 1.29 is 14.3 Å². The molecule has 1 aromatic carbocycles. The summed E-state index contributed by atoms with van der Waals surface area (Å²) in [6.07, 6.45) is 3.52. The Morgan fingerprint density at radius 1 is 1.08 bits per heavy atom. The number of hydrogen-bond donors (Lipinski definition) is 1. The molecule has 0 unspecified atom stereocenters. The Bertz CT molecular complexity index is 958. The van der Waals surface area contributed by atoms with Gasteiger partial charge in [0.2, 0.25) is 5.91 Å². The summed E-state index contributed by atoms with van der Waals surface area (Å²) in [7, 11) is 0. The number of ether oxygens (including phenoxy) is 1. The van der Waals surface area contributed by atoms with Crippen LogP contribution in [0.4, 0.5) is 0 Å². The SMILES string of the molecule is CCc1c(CC(N)=O)c2c(OC(C)=O)cccn2c1Cc1ccccc1. The van der Waals surface area contributed by atoms with Gasteiger partial charge in [-0.05, 0) is 35.2 Å². The van der Waals surface area contributed by atoms with Crippen molar-refractivity contribution >= 4 is 17.4 Å². The van der Waals surface area contributed by atoms with Crippen molar-refractivity contribution in [1.29, 1.82) is 0 Å². The second-order valence-corrected chi connectivity index (χ2v) is 6.25. The van der Waals surface area contributed by atoms with Crippen molar-refractivity contribution in [2.45, 2.75) is 33.1 Å². The minimum absolute atomic E-state index is 0.111. The highest BCUT2D eigenvalue weighted by atomic mass is 16.5. The number of esters is 1. The summed E-state index contributed by atoms with van der Waals surface area (Å²) in [6.45, 7) is 3.42. The van der Waals surface area contributed by atoms with Gasteiger partial charge < -0.3 is 14.9 Å². The normalized spacial score (nSPS) is 10.8. The van der Waals surface area contributed by atoms with Crippen LogP contribution in [0.3, 0.4) is 0 Å². The monoisotopic (exact) mass is 350 g/mol. The molecule has 2 N–H and O–H groups in total. The van der Waals surface area contributed by atoms with Gasteiger partial charge in [0.05, 0.1) is 11.9 Å². The molecule has 0 aliphatic carbocycles. The Balaban J connectivity index is 2.26. The first-order valence-corrected chi connectivity index (χ1v) is 8.65. The number of rotatable bonds is 6. The zero-order valence-corrected chi connectivity index (χ0v) is 15.0. The smallest absolute Gasteiger partial charge is 0.308 e. The van der Waals surface area contributed by atoms with Crippen molar-refractivity contribution in [2.24, 2.45) is 5.73 Å². The number of fused-ring (bicyclic) bond motifs is 1. The molecule has 0 spiro atoms. The topological polar surface area (TPSA) is 73.8 Å². The maximum atomic E-state index is 11.7. The maximum absolute atomic E-state index is 11.7. The summed E-state index contributed by atoms with van der Waals surface area (Å²) in [6, 6.07) is 13.7. The van der Waals surface area contributed by atoms with E-state index in [4.69, 9.17) is 10.5 Å². The molecule has 0 radical (unpaired) electrons. The highest BCUT2D eigenvalue weighted by Crippen LogP contribution is 2.33. The lowest BCUT2D eigenvalue weighted by atomic mass is 10.00. The zero-order valence-electron chi connectivity index (χ0n) is 15.0. The van der Waals surface area contributed by atoms with Gasteiger partial charge in [-0.25, -0.2) is 0 Å². The fourth-order valence-corrected chi connectivity index (χ4v) is 3.47. The molecule has 0 fully saturated rings. The molecule has 134 valence electrons. The number of benzene rings is 1. The lowest BCUT2D eigenvalue weighted by Gasteiger charge is -2.08. The fourth-order valence-electron chi connectivity index (χ4n) is 3.47. The van der Waals surface area contributed by atoms with Crippen LogP contribution in [0.1, 0.15) is 36.2 Å². The molecule has 2 heterocycles. The molecular formula is C21H22N2O3. The molecule has 0 saturated heterocycles. The molecule has 3 rings (SSSR count). The van der Waals surface area contributed by atoms with Crippen LogP contribution in [-0.2, 0) is 28.9 Å². The van der Waals surface area contributed by atoms with Gasteiger partial charge in [0, 0.05) is 25.2 Å². The molecule has 2 aromatic heterocycles. The summed E-state index contributed by atoms with van der Waals surface area (Å²) in [5.74, 6) is -0.353. The van der Waals surface area contributed by atoms with Gasteiger partial charge in [-0.2, -0.15) is 0 Å². The second-order valence-electron chi connectivity index (χ2n) is 6.25. The summed E-state index contributed by atoms with van der Waals surface area (Å²) < 4.78 is 7.42. The third-order valence-corrected chi connectivity index (χ3v) is 4.42. The van der Waals surface area contributed by atoms with Gasteiger partial charge in [-0.1, -0.05) is 37.3 Å². The maximum Gasteiger partial charge on any atom is 0.308 e. The molecule has 0 aliphatic rings. The van der Waals surface area contributed by atoms with Crippen LogP contribution in [-0.4, -0.2) is 16.3 Å². The number of carbonyl (C=O) groups excluding carboxylic acids is 2. The second kappa shape index (κ2) is 7.44. The Hall–Kier alpha value is -3.08. The fraction of sp³-hybridized carbons (Fsp3) is 0.238. The molecule has 0 atom stereocenters. The Kier molecular flexibility index (Phi) is 5.07. The zero-order chi connectivity index (χ0) is 18.7. The number of nitrogens with two attached hydrogens (primary N) is 1. The molecule has 0 aliphatic heterocycles. The Labute approximate surface area is 152 Å². The average Bonchev–Trinajstić information content (AvgIpc) is 2.88. The summed E-state index contributed by atoms with van der Waals surface area (Å²) in [5.41, 5.74) is 10.4. The van der Waals surface area contributed by atoms with Crippen molar-refractivity contribution in [1.82, 2.24) is 4.40 Å². The highest BCUT2D eigenvalue weighted by Gasteiger charge is 2.22. The van der Waals surface area contributed by atoms with Crippen molar-refractivity contribution in [3.63, 3.8) is 0 Å². The van der Waals surface area contributed by atoms with E-state index in [1.807, 2.05) is 34.9 Å². The number of carbonyl (C=O) groups is 2. The predicted molar refractivity (Wildman–Crippen MR) is 100 cm³/mol. The van der Waals surface area contributed by atoms with Crippen LogP contribution in [0.5, 0.6) is 5.75 Å². The number of amides is 1. The molecule has 5 heteroatoms. The van der Waals surface area contributed by atoms with Crippen LogP contribution in [0.15, 0.2) is 48.7 Å². The lowest BCUT2D eigenvalue weighted by molar-refractivity contribution is -0.131. The number of nitrogens with zero attached hydrogens (tertiary/aromatic N) is 1. The highest BCUT2D eigenvalue weighted by molar-refractivity contribution is 5.84. The number of pyridine rings is 1. The molecule has 26 heavy (non-hydrogen) atoms. The average molecular weight is 350 g/mol. The summed E-state index contributed by atoms with van der Waals surface area (Å²) >= 11 is 0. The Morgan fingerprint density at radius 2 is 1.81 bits per heavy atom. The molecule has 0 bridgehead atoms. The standard InChI is InChI=1S/C21H22N2O3/c1-3-16-17(13-20(22)25)21-19(26-14(2)24)10-7-11-23(21)18(16)12-15-8-5-4-6-9-15/h4-11H,3,12-13H2,1-2H3,(H2,22,25). The van der Waals surface area contributed by atoms with Gasteiger partial charge >= 0.3 is 5.97 Å². The third-order valence-electron chi connectivity index (χ3n) is 4.42. The summed E-state index contributed by atoms with van der Waals surface area (Å²) in [5, 5.41) is 0. The third kappa shape index (κ3) is 3.47. The molecule has 5 nitrogen and oxygen atoms in total. The number of primary amides is 1. The van der Waals surface area contributed by atoms with E-state index in [1.54, 1.807) is 6.07 Å². The van der Waals surface area contributed by atoms with Gasteiger partial charge in [-0.15, -0.1) is 0 Å². The van der Waals surface area contributed by atoms with E-state index in [1.165, 1.54) is 12.5 Å². The van der Waals surface area contributed by atoms with Crippen LogP contribution in [0.25, 0.3) is 5.52 Å². The van der Waals surface area contributed by atoms with Crippen molar-refractivity contribution in [3.05, 3.63) is 71.0 Å². The largest absolute Gasteiger partial charge is 0.424 e.